The maximum Gasteiger partial charge on any atom is 0.271 e. The number of nitrogens with zero attached hydrogens (tertiary/aromatic N) is 1. The molecule has 110 valence electrons. The Bertz CT molecular complexity index is 678. The van der Waals surface area contributed by atoms with E-state index in [-0.39, 0.29) is 11.5 Å². The Balaban J connectivity index is 2.15. The Morgan fingerprint density at radius 3 is 2.38 bits per heavy atom. The maximum atomic E-state index is 13.6. The Labute approximate surface area is 121 Å². The van der Waals surface area contributed by atoms with Crippen LogP contribution in [0.15, 0.2) is 30.3 Å². The molecule has 0 saturated carbocycles. The second kappa shape index (κ2) is 5.78. The molecule has 2 aromatic rings. The van der Waals surface area contributed by atoms with Gasteiger partial charge in [-0.25, -0.2) is 4.39 Å². The van der Waals surface area contributed by atoms with E-state index in [1.54, 1.807) is 32.0 Å². The van der Waals surface area contributed by atoms with Crippen LogP contribution in [0.1, 0.15) is 16.7 Å². The fourth-order valence-electron chi connectivity index (χ4n) is 2.16. The molecule has 0 spiro atoms. The second-order valence-electron chi connectivity index (χ2n) is 4.93. The topological polar surface area (TPSA) is 81.2 Å². The number of nitrogens with two attached hydrogens (primary N) is 1. The summed E-state index contributed by atoms with van der Waals surface area (Å²) in [5.74, 6) is -0.200. The second-order valence-corrected chi connectivity index (χ2v) is 4.93. The summed E-state index contributed by atoms with van der Waals surface area (Å²) in [7, 11) is 0. The van der Waals surface area contributed by atoms with Crippen LogP contribution >= 0.6 is 0 Å². The third kappa shape index (κ3) is 3.28. The highest BCUT2D eigenvalue weighted by Crippen LogP contribution is 2.25. The van der Waals surface area contributed by atoms with Crippen molar-refractivity contribution in [3.05, 3.63) is 63.0 Å². The Hall–Kier alpha value is -2.63. The minimum Gasteiger partial charge on any atom is -0.397 e. The molecule has 2 rings (SSSR count). The monoisotopic (exact) mass is 289 g/mol. The molecule has 0 bridgehead atoms. The Morgan fingerprint density at radius 2 is 1.86 bits per heavy atom. The minimum absolute atomic E-state index is 0.0495. The molecule has 0 aliphatic rings. The zero-order chi connectivity index (χ0) is 15.6. The van der Waals surface area contributed by atoms with Crippen molar-refractivity contribution in [2.75, 3.05) is 11.1 Å². The van der Waals surface area contributed by atoms with Gasteiger partial charge in [-0.15, -0.1) is 0 Å². The molecule has 2 aromatic carbocycles. The molecule has 0 radical (unpaired) electrons. The Kier molecular flexibility index (Phi) is 4.07. The lowest BCUT2D eigenvalue weighted by atomic mass is 10.1. The summed E-state index contributed by atoms with van der Waals surface area (Å²) < 4.78 is 13.6. The standard InChI is InChI=1S/C15H16FN3O2/c1-9-5-11(6-10(2)15(9)16)8-18-14-4-3-12(19(20)21)7-13(14)17/h3-7,18H,8,17H2,1-2H3. The van der Waals surface area contributed by atoms with E-state index < -0.39 is 4.92 Å². The fourth-order valence-corrected chi connectivity index (χ4v) is 2.16. The van der Waals surface area contributed by atoms with E-state index >= 15 is 0 Å². The fraction of sp³-hybridized carbons (Fsp3) is 0.200. The van der Waals surface area contributed by atoms with Crippen LogP contribution in [0.4, 0.5) is 21.5 Å². The van der Waals surface area contributed by atoms with Crippen molar-refractivity contribution in [3.8, 4) is 0 Å². The van der Waals surface area contributed by atoms with Gasteiger partial charge in [0.25, 0.3) is 5.69 Å². The van der Waals surface area contributed by atoms with E-state index in [1.807, 2.05) is 0 Å². The van der Waals surface area contributed by atoms with Crippen molar-refractivity contribution in [1.29, 1.82) is 0 Å². The van der Waals surface area contributed by atoms with Crippen LogP contribution in [0.2, 0.25) is 0 Å². The first-order chi connectivity index (χ1) is 9.88. The molecule has 0 aromatic heterocycles. The number of anilines is 2. The van der Waals surface area contributed by atoms with Crippen molar-refractivity contribution < 1.29 is 9.31 Å². The smallest absolute Gasteiger partial charge is 0.271 e. The number of nitro benzene ring substituents is 1. The first-order valence-corrected chi connectivity index (χ1v) is 6.42. The summed E-state index contributed by atoms with van der Waals surface area (Å²) in [6, 6.07) is 7.79. The molecule has 0 unspecified atom stereocenters. The van der Waals surface area contributed by atoms with Gasteiger partial charge in [-0.1, -0.05) is 12.1 Å². The van der Waals surface area contributed by atoms with E-state index in [1.165, 1.54) is 12.1 Å². The summed E-state index contributed by atoms with van der Waals surface area (Å²) in [6.45, 7) is 3.89. The summed E-state index contributed by atoms with van der Waals surface area (Å²) in [4.78, 5) is 10.2. The van der Waals surface area contributed by atoms with Crippen LogP contribution in [0, 0.1) is 29.8 Å². The first-order valence-electron chi connectivity index (χ1n) is 6.42. The Morgan fingerprint density at radius 1 is 1.24 bits per heavy atom. The lowest BCUT2D eigenvalue weighted by Gasteiger charge is -2.11. The number of aryl methyl sites for hydroxylation is 2. The first kappa shape index (κ1) is 14.8. The molecule has 6 heteroatoms. The van der Waals surface area contributed by atoms with Crippen LogP contribution in [0.3, 0.4) is 0 Å². The number of benzene rings is 2. The number of nitrogens with one attached hydrogen (secondary N) is 1. The summed E-state index contributed by atoms with van der Waals surface area (Å²) in [5, 5.41) is 13.7. The van der Waals surface area contributed by atoms with Gasteiger partial charge < -0.3 is 11.1 Å². The maximum absolute atomic E-state index is 13.6. The lowest BCUT2D eigenvalue weighted by molar-refractivity contribution is -0.384. The van der Waals surface area contributed by atoms with E-state index in [0.29, 0.717) is 29.0 Å². The molecule has 0 fully saturated rings. The van der Waals surface area contributed by atoms with Crippen molar-refractivity contribution in [1.82, 2.24) is 0 Å². The predicted molar refractivity (Wildman–Crippen MR) is 80.7 cm³/mol. The van der Waals surface area contributed by atoms with Crippen LogP contribution in [0.5, 0.6) is 0 Å². The average molecular weight is 289 g/mol. The summed E-state index contributed by atoms with van der Waals surface area (Å²) in [5.41, 5.74) is 8.74. The SMILES string of the molecule is Cc1cc(CNc2ccc([N+](=O)[O-])cc2N)cc(C)c1F. The third-order valence-electron chi connectivity index (χ3n) is 3.23. The van der Waals surface area contributed by atoms with Crippen LogP contribution in [-0.2, 0) is 6.54 Å². The number of non-ortho nitro benzene ring substituents is 1. The van der Waals surface area contributed by atoms with Gasteiger partial charge in [0, 0.05) is 18.7 Å². The summed E-state index contributed by atoms with van der Waals surface area (Å²) in [6.07, 6.45) is 0. The summed E-state index contributed by atoms with van der Waals surface area (Å²) >= 11 is 0. The number of nitro groups is 1. The van der Waals surface area contributed by atoms with Crippen molar-refractivity contribution in [3.63, 3.8) is 0 Å². The van der Waals surface area contributed by atoms with E-state index in [2.05, 4.69) is 5.32 Å². The minimum atomic E-state index is -0.493. The van der Waals surface area contributed by atoms with Crippen molar-refractivity contribution >= 4 is 17.1 Å². The highest BCUT2D eigenvalue weighted by molar-refractivity contribution is 5.69. The lowest BCUT2D eigenvalue weighted by Crippen LogP contribution is -2.04. The molecule has 0 aliphatic carbocycles. The molecule has 0 heterocycles. The number of rotatable bonds is 4. The van der Waals surface area contributed by atoms with Gasteiger partial charge in [0.05, 0.1) is 16.3 Å². The van der Waals surface area contributed by atoms with E-state index in [9.17, 15) is 14.5 Å². The van der Waals surface area contributed by atoms with E-state index in [0.717, 1.165) is 5.56 Å². The van der Waals surface area contributed by atoms with Gasteiger partial charge in [0.15, 0.2) is 0 Å². The van der Waals surface area contributed by atoms with Gasteiger partial charge in [-0.2, -0.15) is 0 Å². The largest absolute Gasteiger partial charge is 0.397 e. The van der Waals surface area contributed by atoms with Crippen molar-refractivity contribution in [2.45, 2.75) is 20.4 Å². The molecule has 0 aliphatic heterocycles. The molecule has 0 saturated heterocycles. The zero-order valence-electron chi connectivity index (χ0n) is 11.8. The van der Waals surface area contributed by atoms with Crippen LogP contribution in [0.25, 0.3) is 0 Å². The molecule has 0 amide bonds. The molecular formula is C15H16FN3O2. The van der Waals surface area contributed by atoms with Crippen LogP contribution < -0.4 is 11.1 Å². The quantitative estimate of drug-likeness (QED) is 0.512. The molecule has 21 heavy (non-hydrogen) atoms. The molecule has 5 nitrogen and oxygen atoms in total. The van der Waals surface area contributed by atoms with Crippen LogP contribution in [-0.4, -0.2) is 4.92 Å². The number of hydrogen-bond donors (Lipinski definition) is 2. The predicted octanol–water partition coefficient (Wildman–Crippen LogP) is 3.55. The number of halogens is 1. The van der Waals surface area contributed by atoms with Gasteiger partial charge in [0.2, 0.25) is 0 Å². The van der Waals surface area contributed by atoms with Gasteiger partial charge in [0.1, 0.15) is 5.82 Å². The highest BCUT2D eigenvalue weighted by atomic mass is 19.1. The zero-order valence-corrected chi connectivity index (χ0v) is 11.8. The van der Waals surface area contributed by atoms with Gasteiger partial charge in [-0.3, -0.25) is 10.1 Å². The van der Waals surface area contributed by atoms with E-state index in [4.69, 9.17) is 5.73 Å². The molecule has 3 N–H and O–H groups in total. The normalized spacial score (nSPS) is 10.4. The highest BCUT2D eigenvalue weighted by Gasteiger charge is 2.09. The average Bonchev–Trinajstić information content (AvgIpc) is 2.43. The number of hydrogen-bond acceptors (Lipinski definition) is 4. The molecular weight excluding hydrogens is 273 g/mol. The van der Waals surface area contributed by atoms with Gasteiger partial charge >= 0.3 is 0 Å². The number of nitrogen functional groups attached to an aromatic ring is 1. The van der Waals surface area contributed by atoms with Crippen molar-refractivity contribution in [2.24, 2.45) is 0 Å². The van der Waals surface area contributed by atoms with Gasteiger partial charge in [-0.05, 0) is 36.6 Å². The molecule has 0 atom stereocenters. The third-order valence-corrected chi connectivity index (χ3v) is 3.23.